The third-order valence-electron chi connectivity index (χ3n) is 3.70. The molecule has 2 aromatic carbocycles. The largest absolute Gasteiger partial charge is 0.493 e. The fourth-order valence-corrected chi connectivity index (χ4v) is 3.73. The maximum absolute atomic E-state index is 12.4. The zero-order valence-electron chi connectivity index (χ0n) is 14.6. The van der Waals surface area contributed by atoms with Crippen molar-refractivity contribution < 1.29 is 22.8 Å². The second kappa shape index (κ2) is 8.15. The average molecular weight is 380 g/mol. The number of methoxy groups -OCH3 is 2. The van der Waals surface area contributed by atoms with Gasteiger partial charge in [0.25, 0.3) is 5.69 Å². The van der Waals surface area contributed by atoms with Crippen LogP contribution in [-0.4, -0.2) is 33.6 Å². The Bertz CT molecular complexity index is 881. The number of nitro groups is 1. The van der Waals surface area contributed by atoms with E-state index in [0.717, 1.165) is 17.7 Å². The summed E-state index contributed by atoms with van der Waals surface area (Å²) < 4.78 is 37.8. The van der Waals surface area contributed by atoms with Gasteiger partial charge in [-0.25, -0.2) is 13.1 Å². The van der Waals surface area contributed by atoms with Crippen molar-refractivity contribution in [1.29, 1.82) is 0 Å². The Morgan fingerprint density at radius 3 is 2.23 bits per heavy atom. The molecule has 0 aliphatic heterocycles. The van der Waals surface area contributed by atoms with Gasteiger partial charge >= 0.3 is 0 Å². The lowest BCUT2D eigenvalue weighted by Gasteiger charge is -2.15. The van der Waals surface area contributed by atoms with E-state index in [1.807, 2.05) is 6.07 Å². The van der Waals surface area contributed by atoms with Crippen molar-refractivity contribution in [2.75, 3.05) is 14.2 Å². The Labute approximate surface area is 152 Å². The Balaban J connectivity index is 2.10. The molecule has 0 amide bonds. The Morgan fingerprint density at radius 1 is 1.08 bits per heavy atom. The zero-order valence-corrected chi connectivity index (χ0v) is 15.4. The van der Waals surface area contributed by atoms with Crippen LogP contribution in [0.4, 0.5) is 5.69 Å². The van der Waals surface area contributed by atoms with E-state index in [-0.39, 0.29) is 10.6 Å². The molecule has 0 spiro atoms. The summed E-state index contributed by atoms with van der Waals surface area (Å²) in [7, 11) is -0.709. The fraction of sp³-hybridized carbons (Fsp3) is 0.294. The van der Waals surface area contributed by atoms with E-state index in [1.54, 1.807) is 26.2 Å². The van der Waals surface area contributed by atoms with Gasteiger partial charge in [0.05, 0.1) is 24.0 Å². The molecule has 9 heteroatoms. The molecule has 2 aromatic rings. The van der Waals surface area contributed by atoms with Crippen LogP contribution in [0, 0.1) is 10.1 Å². The minimum absolute atomic E-state index is 0.0257. The Kier molecular flexibility index (Phi) is 6.17. The zero-order chi connectivity index (χ0) is 19.3. The van der Waals surface area contributed by atoms with Crippen LogP contribution in [-0.2, 0) is 16.4 Å². The van der Waals surface area contributed by atoms with E-state index < -0.39 is 21.0 Å². The lowest BCUT2D eigenvalue weighted by Crippen LogP contribution is -2.34. The summed E-state index contributed by atoms with van der Waals surface area (Å²) in [5.74, 6) is 1.16. The standard InChI is InChI=1S/C17H20N2O6S/c1-12(10-13-4-9-16(24-2)17(11-13)25-3)18-26(22,23)15-7-5-14(6-8-15)19(20)21/h4-9,11-12,18H,10H2,1-3H3. The maximum atomic E-state index is 12.4. The summed E-state index contributed by atoms with van der Waals surface area (Å²) in [4.78, 5) is 10.1. The van der Waals surface area contributed by atoms with E-state index in [1.165, 1.54) is 19.2 Å². The lowest BCUT2D eigenvalue weighted by molar-refractivity contribution is -0.384. The van der Waals surface area contributed by atoms with Crippen LogP contribution < -0.4 is 14.2 Å². The van der Waals surface area contributed by atoms with Gasteiger partial charge in [-0.1, -0.05) is 6.07 Å². The number of ether oxygens (including phenoxy) is 2. The van der Waals surface area contributed by atoms with Crippen LogP contribution >= 0.6 is 0 Å². The van der Waals surface area contributed by atoms with Crippen molar-refractivity contribution in [3.63, 3.8) is 0 Å². The number of nitrogens with one attached hydrogen (secondary N) is 1. The first-order valence-corrected chi connectivity index (χ1v) is 9.23. The molecular formula is C17H20N2O6S. The highest BCUT2D eigenvalue weighted by Crippen LogP contribution is 2.28. The highest BCUT2D eigenvalue weighted by molar-refractivity contribution is 7.89. The number of hydrogen-bond donors (Lipinski definition) is 1. The number of rotatable bonds is 8. The number of benzene rings is 2. The van der Waals surface area contributed by atoms with E-state index in [4.69, 9.17) is 9.47 Å². The van der Waals surface area contributed by atoms with E-state index >= 15 is 0 Å². The molecule has 0 saturated carbocycles. The first-order chi connectivity index (χ1) is 12.3. The number of nitro benzene ring substituents is 1. The minimum Gasteiger partial charge on any atom is -0.493 e. The van der Waals surface area contributed by atoms with Gasteiger partial charge in [-0.15, -0.1) is 0 Å². The maximum Gasteiger partial charge on any atom is 0.269 e. The van der Waals surface area contributed by atoms with Crippen molar-refractivity contribution in [3.05, 3.63) is 58.1 Å². The summed E-state index contributed by atoms with van der Waals surface area (Å²) in [6.45, 7) is 1.74. The van der Waals surface area contributed by atoms with E-state index in [9.17, 15) is 18.5 Å². The van der Waals surface area contributed by atoms with Crippen molar-refractivity contribution in [1.82, 2.24) is 4.72 Å². The molecule has 0 aliphatic rings. The Morgan fingerprint density at radius 2 is 1.69 bits per heavy atom. The third kappa shape index (κ3) is 4.70. The molecule has 0 radical (unpaired) electrons. The predicted octanol–water partition coefficient (Wildman–Crippen LogP) is 2.52. The first kappa shape index (κ1) is 19.7. The molecule has 1 N–H and O–H groups in total. The van der Waals surface area contributed by atoms with Crippen LogP contribution in [0.5, 0.6) is 11.5 Å². The van der Waals surface area contributed by atoms with Gasteiger partial charge in [0, 0.05) is 18.2 Å². The molecule has 140 valence electrons. The monoisotopic (exact) mass is 380 g/mol. The predicted molar refractivity (Wildman–Crippen MR) is 96.1 cm³/mol. The summed E-state index contributed by atoms with van der Waals surface area (Å²) in [5, 5.41) is 10.7. The van der Waals surface area contributed by atoms with Crippen molar-refractivity contribution in [3.8, 4) is 11.5 Å². The topological polar surface area (TPSA) is 108 Å². The highest BCUT2D eigenvalue weighted by Gasteiger charge is 2.19. The summed E-state index contributed by atoms with van der Waals surface area (Å²) in [5.41, 5.74) is 0.712. The van der Waals surface area contributed by atoms with Gasteiger partial charge < -0.3 is 9.47 Å². The number of hydrogen-bond acceptors (Lipinski definition) is 6. The van der Waals surface area contributed by atoms with Crippen molar-refractivity contribution >= 4 is 15.7 Å². The number of nitrogens with zero attached hydrogens (tertiary/aromatic N) is 1. The molecule has 0 bridgehead atoms. The summed E-state index contributed by atoms with van der Waals surface area (Å²) in [6, 6.07) is 9.72. The molecule has 0 aliphatic carbocycles. The molecule has 26 heavy (non-hydrogen) atoms. The minimum atomic E-state index is -3.78. The fourth-order valence-electron chi connectivity index (χ4n) is 2.48. The van der Waals surface area contributed by atoms with Gasteiger partial charge in [-0.2, -0.15) is 0 Å². The van der Waals surface area contributed by atoms with E-state index in [0.29, 0.717) is 17.9 Å². The molecular weight excluding hydrogens is 360 g/mol. The van der Waals surface area contributed by atoms with Gasteiger partial charge in [0.1, 0.15) is 0 Å². The molecule has 1 unspecified atom stereocenters. The second-order valence-corrected chi connectivity index (χ2v) is 7.38. The summed E-state index contributed by atoms with van der Waals surface area (Å²) >= 11 is 0. The van der Waals surface area contributed by atoms with Crippen LogP contribution in [0.2, 0.25) is 0 Å². The van der Waals surface area contributed by atoms with Crippen LogP contribution in [0.3, 0.4) is 0 Å². The molecule has 8 nitrogen and oxygen atoms in total. The molecule has 0 aromatic heterocycles. The highest BCUT2D eigenvalue weighted by atomic mass is 32.2. The normalized spacial score (nSPS) is 12.4. The molecule has 0 fully saturated rings. The molecule has 2 rings (SSSR count). The first-order valence-electron chi connectivity index (χ1n) is 7.74. The molecule has 0 heterocycles. The van der Waals surface area contributed by atoms with Gasteiger partial charge in [0.2, 0.25) is 10.0 Å². The lowest BCUT2D eigenvalue weighted by atomic mass is 10.1. The SMILES string of the molecule is COc1ccc(CC(C)NS(=O)(=O)c2ccc([N+](=O)[O-])cc2)cc1OC. The molecule has 0 saturated heterocycles. The molecule has 1 atom stereocenters. The van der Waals surface area contributed by atoms with Crippen molar-refractivity contribution in [2.45, 2.75) is 24.3 Å². The Hall–Kier alpha value is -2.65. The third-order valence-corrected chi connectivity index (χ3v) is 5.31. The smallest absolute Gasteiger partial charge is 0.269 e. The number of non-ortho nitro benzene ring substituents is 1. The van der Waals surface area contributed by atoms with Gasteiger partial charge in [-0.05, 0) is 43.2 Å². The van der Waals surface area contributed by atoms with Crippen LogP contribution in [0.25, 0.3) is 0 Å². The summed E-state index contributed by atoms with van der Waals surface area (Å²) in [6.07, 6.45) is 0.437. The van der Waals surface area contributed by atoms with Crippen LogP contribution in [0.15, 0.2) is 47.4 Å². The van der Waals surface area contributed by atoms with Gasteiger partial charge in [0.15, 0.2) is 11.5 Å². The quantitative estimate of drug-likeness (QED) is 0.557. The second-order valence-electron chi connectivity index (χ2n) is 5.67. The van der Waals surface area contributed by atoms with Crippen LogP contribution in [0.1, 0.15) is 12.5 Å². The van der Waals surface area contributed by atoms with Crippen molar-refractivity contribution in [2.24, 2.45) is 0 Å². The number of sulfonamides is 1. The van der Waals surface area contributed by atoms with E-state index in [2.05, 4.69) is 4.72 Å². The average Bonchev–Trinajstić information content (AvgIpc) is 2.61. The van der Waals surface area contributed by atoms with Gasteiger partial charge in [-0.3, -0.25) is 10.1 Å².